The zero-order chi connectivity index (χ0) is 20.4. The van der Waals surface area contributed by atoms with E-state index in [0.717, 1.165) is 37.2 Å². The molecular formula is C21H23N5O3. The number of rotatable bonds is 5. The van der Waals surface area contributed by atoms with Crippen LogP contribution in [-0.4, -0.2) is 57.9 Å². The van der Waals surface area contributed by atoms with E-state index in [1.54, 1.807) is 37.4 Å². The molecule has 29 heavy (non-hydrogen) atoms. The highest BCUT2D eigenvalue weighted by Crippen LogP contribution is 2.32. The molecule has 0 N–H and O–H groups in total. The second-order valence-electron chi connectivity index (χ2n) is 6.86. The highest BCUT2D eigenvalue weighted by Gasteiger charge is 2.24. The Morgan fingerprint density at radius 3 is 2.62 bits per heavy atom. The normalized spacial score (nSPS) is 13.6. The molecule has 1 aromatic carbocycles. The van der Waals surface area contributed by atoms with Crippen LogP contribution >= 0.6 is 0 Å². The van der Waals surface area contributed by atoms with Crippen LogP contribution in [0.25, 0.3) is 17.2 Å². The summed E-state index contributed by atoms with van der Waals surface area (Å²) in [4.78, 5) is 23.6. The van der Waals surface area contributed by atoms with Crippen LogP contribution in [0.1, 0.15) is 28.9 Å². The average Bonchev–Trinajstić information content (AvgIpc) is 3.43. The zero-order valence-corrected chi connectivity index (χ0v) is 16.8. The summed E-state index contributed by atoms with van der Waals surface area (Å²) in [6, 6.07) is 7.33. The summed E-state index contributed by atoms with van der Waals surface area (Å²) >= 11 is 0. The molecule has 0 radical (unpaired) electrons. The van der Waals surface area contributed by atoms with Crippen molar-refractivity contribution in [2.75, 3.05) is 27.3 Å². The highest BCUT2D eigenvalue weighted by molar-refractivity contribution is 5.95. The van der Waals surface area contributed by atoms with Gasteiger partial charge in [-0.15, -0.1) is 0 Å². The van der Waals surface area contributed by atoms with E-state index >= 15 is 0 Å². The van der Waals surface area contributed by atoms with Gasteiger partial charge in [-0.05, 0) is 44.0 Å². The lowest BCUT2D eigenvalue weighted by molar-refractivity contribution is 0.0792. The Balaban J connectivity index is 1.71. The molecule has 4 rings (SSSR count). The summed E-state index contributed by atoms with van der Waals surface area (Å²) in [5, 5.41) is 4.38. The predicted molar refractivity (Wildman–Crippen MR) is 108 cm³/mol. The van der Waals surface area contributed by atoms with Crippen molar-refractivity contribution in [3.05, 3.63) is 47.9 Å². The van der Waals surface area contributed by atoms with Gasteiger partial charge in [-0.2, -0.15) is 5.10 Å². The van der Waals surface area contributed by atoms with Crippen molar-refractivity contribution >= 4 is 5.91 Å². The monoisotopic (exact) mass is 393 g/mol. The van der Waals surface area contributed by atoms with E-state index in [-0.39, 0.29) is 5.91 Å². The van der Waals surface area contributed by atoms with E-state index < -0.39 is 0 Å². The Kier molecular flexibility index (Phi) is 5.16. The van der Waals surface area contributed by atoms with Crippen molar-refractivity contribution in [3.63, 3.8) is 0 Å². The number of methoxy groups -OCH3 is 2. The van der Waals surface area contributed by atoms with E-state index in [2.05, 4.69) is 15.1 Å². The standard InChI is InChI=1S/C21H23N5O3/c1-14-17(20(27)25-10-4-5-11-25)13-23-26(14)21-22-9-8-18(24-21)16-12-15(28-2)6-7-19(16)29-3/h6-9,12-13H,4-5,10-11H2,1-3H3. The zero-order valence-electron chi connectivity index (χ0n) is 16.8. The predicted octanol–water partition coefficient (Wildman–Crippen LogP) is 2.89. The number of carbonyl (C=O) groups is 1. The Hall–Kier alpha value is -3.42. The molecular weight excluding hydrogens is 370 g/mol. The number of carbonyl (C=O) groups excluding carboxylic acids is 1. The summed E-state index contributed by atoms with van der Waals surface area (Å²) in [6.07, 6.45) is 5.36. The molecule has 2 aromatic heterocycles. The van der Waals surface area contributed by atoms with Crippen molar-refractivity contribution in [2.24, 2.45) is 0 Å². The minimum Gasteiger partial charge on any atom is -0.497 e. The number of hydrogen-bond acceptors (Lipinski definition) is 6. The first-order chi connectivity index (χ1) is 14.1. The first kappa shape index (κ1) is 18.9. The number of likely N-dealkylation sites (tertiary alicyclic amines) is 1. The van der Waals surface area contributed by atoms with Crippen LogP contribution in [0.2, 0.25) is 0 Å². The maximum atomic E-state index is 12.8. The van der Waals surface area contributed by atoms with Crippen LogP contribution in [0.15, 0.2) is 36.7 Å². The van der Waals surface area contributed by atoms with Gasteiger partial charge in [-0.25, -0.2) is 14.6 Å². The number of hydrogen-bond donors (Lipinski definition) is 0. The molecule has 150 valence electrons. The fourth-order valence-corrected chi connectivity index (χ4v) is 3.53. The third-order valence-corrected chi connectivity index (χ3v) is 5.15. The van der Waals surface area contributed by atoms with Gasteiger partial charge in [0.2, 0.25) is 0 Å². The first-order valence-electron chi connectivity index (χ1n) is 9.52. The van der Waals surface area contributed by atoms with Crippen LogP contribution in [0.5, 0.6) is 11.5 Å². The Labute approximate surface area is 169 Å². The molecule has 3 heterocycles. The van der Waals surface area contributed by atoms with Crippen LogP contribution in [0.4, 0.5) is 0 Å². The number of benzene rings is 1. The molecule has 1 aliphatic rings. The molecule has 0 atom stereocenters. The van der Waals surface area contributed by atoms with Gasteiger partial charge in [0.15, 0.2) is 0 Å². The van der Waals surface area contributed by atoms with Gasteiger partial charge in [0.05, 0.1) is 37.4 Å². The molecule has 1 fully saturated rings. The third-order valence-electron chi connectivity index (χ3n) is 5.15. The number of ether oxygens (including phenoxy) is 2. The second-order valence-corrected chi connectivity index (χ2v) is 6.86. The number of nitrogens with zero attached hydrogens (tertiary/aromatic N) is 5. The number of amides is 1. The first-order valence-corrected chi connectivity index (χ1v) is 9.52. The second kappa shape index (κ2) is 7.90. The lowest BCUT2D eigenvalue weighted by Gasteiger charge is -2.14. The molecule has 1 aliphatic heterocycles. The summed E-state index contributed by atoms with van der Waals surface area (Å²) in [6.45, 7) is 3.45. The van der Waals surface area contributed by atoms with Gasteiger partial charge in [0, 0.05) is 24.8 Å². The molecule has 0 saturated carbocycles. The molecule has 0 spiro atoms. The fraction of sp³-hybridized carbons (Fsp3) is 0.333. The molecule has 1 amide bonds. The van der Waals surface area contributed by atoms with Crippen molar-refractivity contribution in [1.29, 1.82) is 0 Å². The van der Waals surface area contributed by atoms with E-state index in [1.165, 1.54) is 0 Å². The van der Waals surface area contributed by atoms with E-state index in [1.807, 2.05) is 30.0 Å². The SMILES string of the molecule is COc1ccc(OC)c(-c2ccnc(-n3ncc(C(=O)N4CCCC4)c3C)n2)c1. The van der Waals surface area contributed by atoms with Crippen molar-refractivity contribution in [2.45, 2.75) is 19.8 Å². The topological polar surface area (TPSA) is 82.4 Å². The Morgan fingerprint density at radius 1 is 1.10 bits per heavy atom. The van der Waals surface area contributed by atoms with Gasteiger partial charge in [0.25, 0.3) is 11.9 Å². The summed E-state index contributed by atoms with van der Waals surface area (Å²) < 4.78 is 12.4. The van der Waals surface area contributed by atoms with E-state index in [4.69, 9.17) is 9.47 Å². The Bertz CT molecular complexity index is 1040. The molecule has 0 unspecified atom stereocenters. The maximum absolute atomic E-state index is 12.8. The average molecular weight is 393 g/mol. The van der Waals surface area contributed by atoms with E-state index in [0.29, 0.717) is 28.7 Å². The molecule has 8 nitrogen and oxygen atoms in total. The molecule has 3 aromatic rings. The van der Waals surface area contributed by atoms with E-state index in [9.17, 15) is 4.79 Å². The van der Waals surface area contributed by atoms with Crippen molar-refractivity contribution < 1.29 is 14.3 Å². The van der Waals surface area contributed by atoms with Gasteiger partial charge < -0.3 is 14.4 Å². The minimum absolute atomic E-state index is 0.0110. The minimum atomic E-state index is 0.0110. The van der Waals surface area contributed by atoms with Crippen molar-refractivity contribution in [1.82, 2.24) is 24.6 Å². The van der Waals surface area contributed by atoms with Crippen LogP contribution < -0.4 is 9.47 Å². The van der Waals surface area contributed by atoms with Gasteiger partial charge in [0.1, 0.15) is 11.5 Å². The van der Waals surface area contributed by atoms with Gasteiger partial charge >= 0.3 is 0 Å². The molecule has 0 aliphatic carbocycles. The molecule has 8 heteroatoms. The fourth-order valence-electron chi connectivity index (χ4n) is 3.53. The summed E-state index contributed by atoms with van der Waals surface area (Å²) in [5.41, 5.74) is 2.76. The highest BCUT2D eigenvalue weighted by atomic mass is 16.5. The largest absolute Gasteiger partial charge is 0.497 e. The quantitative estimate of drug-likeness (QED) is 0.663. The van der Waals surface area contributed by atoms with Crippen molar-refractivity contribution in [3.8, 4) is 28.7 Å². The summed E-state index contributed by atoms with van der Waals surface area (Å²) in [7, 11) is 3.23. The smallest absolute Gasteiger partial charge is 0.257 e. The lowest BCUT2D eigenvalue weighted by atomic mass is 10.1. The lowest BCUT2D eigenvalue weighted by Crippen LogP contribution is -2.28. The molecule has 1 saturated heterocycles. The van der Waals surface area contributed by atoms with Gasteiger partial charge in [-0.3, -0.25) is 4.79 Å². The third kappa shape index (κ3) is 3.53. The number of aromatic nitrogens is 4. The van der Waals surface area contributed by atoms with Crippen LogP contribution in [0, 0.1) is 6.92 Å². The Morgan fingerprint density at radius 2 is 1.90 bits per heavy atom. The summed E-state index contributed by atoms with van der Waals surface area (Å²) in [5.74, 6) is 1.79. The maximum Gasteiger partial charge on any atom is 0.257 e. The van der Waals surface area contributed by atoms with Crippen LogP contribution in [-0.2, 0) is 0 Å². The van der Waals surface area contributed by atoms with Crippen LogP contribution in [0.3, 0.4) is 0 Å². The molecule has 0 bridgehead atoms. The van der Waals surface area contributed by atoms with Gasteiger partial charge in [-0.1, -0.05) is 0 Å².